The molecule has 2 fully saturated rings. The number of amides is 1. The van der Waals surface area contributed by atoms with Gasteiger partial charge in [0.15, 0.2) is 5.82 Å². The third kappa shape index (κ3) is 5.20. The lowest BCUT2D eigenvalue weighted by Gasteiger charge is -2.32. The first-order valence-electron chi connectivity index (χ1n) is 10.7. The Labute approximate surface area is 176 Å². The Bertz CT molecular complexity index is 854. The van der Waals surface area contributed by atoms with Crippen LogP contribution in [0.3, 0.4) is 0 Å². The fourth-order valence-corrected chi connectivity index (χ4v) is 5.01. The molecule has 156 valence electrons. The van der Waals surface area contributed by atoms with Gasteiger partial charge >= 0.3 is 0 Å². The summed E-state index contributed by atoms with van der Waals surface area (Å²) >= 11 is 1.46. The molecule has 1 saturated carbocycles. The Hall–Kier alpha value is -1.86. The van der Waals surface area contributed by atoms with Gasteiger partial charge in [-0.25, -0.2) is 9.97 Å². The summed E-state index contributed by atoms with van der Waals surface area (Å²) in [6, 6.07) is 8.00. The minimum Gasteiger partial charge on any atom is -0.393 e. The van der Waals surface area contributed by atoms with Crippen molar-refractivity contribution in [1.29, 1.82) is 0 Å². The van der Waals surface area contributed by atoms with Crippen LogP contribution in [0, 0.1) is 5.92 Å². The van der Waals surface area contributed by atoms with Crippen molar-refractivity contribution in [2.24, 2.45) is 5.92 Å². The van der Waals surface area contributed by atoms with E-state index in [9.17, 15) is 9.90 Å². The first kappa shape index (κ1) is 20.4. The molecule has 2 atom stereocenters. The standard InChI is InChI=1S/C22H30N4O2S/c1-15-9-11-26(12-10-15)21-22(25-19-8-3-2-7-18(19)24-21)29-14-20(28)23-16-5-4-6-17(27)13-16/h2-3,7-8,15-17,27H,4-6,9-14H2,1H3,(H,23,28). The Kier molecular flexibility index (Phi) is 6.55. The van der Waals surface area contributed by atoms with Crippen LogP contribution in [0.5, 0.6) is 0 Å². The number of aliphatic hydroxyl groups is 1. The van der Waals surface area contributed by atoms with Crippen molar-refractivity contribution in [2.45, 2.75) is 62.6 Å². The van der Waals surface area contributed by atoms with Crippen molar-refractivity contribution in [3.63, 3.8) is 0 Å². The van der Waals surface area contributed by atoms with Gasteiger partial charge in [0, 0.05) is 19.1 Å². The Morgan fingerprint density at radius 3 is 2.62 bits per heavy atom. The minimum absolute atomic E-state index is 0.00211. The van der Waals surface area contributed by atoms with E-state index in [2.05, 4.69) is 17.1 Å². The quantitative estimate of drug-likeness (QED) is 0.731. The summed E-state index contributed by atoms with van der Waals surface area (Å²) in [4.78, 5) is 24.6. The topological polar surface area (TPSA) is 78.4 Å². The average molecular weight is 415 g/mol. The second-order valence-corrected chi connectivity index (χ2v) is 9.35. The number of aromatic nitrogens is 2. The highest BCUT2D eigenvalue weighted by molar-refractivity contribution is 8.00. The minimum atomic E-state index is -0.291. The molecule has 1 aliphatic heterocycles. The fraction of sp³-hybridized carbons (Fsp3) is 0.591. The van der Waals surface area contributed by atoms with Gasteiger partial charge in [-0.15, -0.1) is 0 Å². The van der Waals surface area contributed by atoms with Gasteiger partial charge in [-0.3, -0.25) is 4.79 Å². The van der Waals surface area contributed by atoms with Gasteiger partial charge in [0.1, 0.15) is 5.03 Å². The number of para-hydroxylation sites is 2. The number of nitrogens with one attached hydrogen (secondary N) is 1. The van der Waals surface area contributed by atoms with Crippen LogP contribution in [-0.4, -0.2) is 52.0 Å². The van der Waals surface area contributed by atoms with Crippen molar-refractivity contribution in [1.82, 2.24) is 15.3 Å². The van der Waals surface area contributed by atoms with Crippen molar-refractivity contribution >= 4 is 34.5 Å². The van der Waals surface area contributed by atoms with E-state index in [0.29, 0.717) is 12.2 Å². The second-order valence-electron chi connectivity index (χ2n) is 8.38. The van der Waals surface area contributed by atoms with Gasteiger partial charge in [0.25, 0.3) is 0 Å². The van der Waals surface area contributed by atoms with E-state index >= 15 is 0 Å². The molecule has 1 aliphatic carbocycles. The molecule has 2 N–H and O–H groups in total. The van der Waals surface area contributed by atoms with E-state index in [0.717, 1.165) is 73.0 Å². The van der Waals surface area contributed by atoms with Gasteiger partial charge < -0.3 is 15.3 Å². The maximum atomic E-state index is 12.5. The van der Waals surface area contributed by atoms with Gasteiger partial charge in [-0.05, 0) is 56.6 Å². The van der Waals surface area contributed by atoms with Gasteiger partial charge in [-0.1, -0.05) is 30.8 Å². The molecule has 0 spiro atoms. The number of hydrogen-bond donors (Lipinski definition) is 2. The summed E-state index contributed by atoms with van der Waals surface area (Å²) in [6.07, 6.45) is 5.43. The van der Waals surface area contributed by atoms with Crippen molar-refractivity contribution in [3.05, 3.63) is 24.3 Å². The predicted octanol–water partition coefficient (Wildman–Crippen LogP) is 3.38. The van der Waals surface area contributed by atoms with Crippen LogP contribution in [0.4, 0.5) is 5.82 Å². The Morgan fingerprint density at radius 1 is 1.17 bits per heavy atom. The van der Waals surface area contributed by atoms with Crippen LogP contribution in [0.15, 0.2) is 29.3 Å². The number of piperidine rings is 1. The summed E-state index contributed by atoms with van der Waals surface area (Å²) in [7, 11) is 0. The van der Waals surface area contributed by atoms with Crippen LogP contribution in [-0.2, 0) is 4.79 Å². The normalized spacial score (nSPS) is 23.3. The van der Waals surface area contributed by atoms with Crippen LogP contribution in [0.1, 0.15) is 45.4 Å². The summed E-state index contributed by atoms with van der Waals surface area (Å²) in [5, 5.41) is 13.7. The third-order valence-corrected chi connectivity index (χ3v) is 6.91. The number of fused-ring (bicyclic) bond motifs is 1. The van der Waals surface area contributed by atoms with Crippen molar-refractivity contribution in [2.75, 3.05) is 23.7 Å². The number of thioether (sulfide) groups is 1. The van der Waals surface area contributed by atoms with E-state index < -0.39 is 0 Å². The molecular weight excluding hydrogens is 384 g/mol. The summed E-state index contributed by atoms with van der Waals surface area (Å²) in [6.45, 7) is 4.26. The lowest BCUT2D eigenvalue weighted by molar-refractivity contribution is -0.119. The zero-order valence-electron chi connectivity index (χ0n) is 17.0. The molecule has 2 aliphatic rings. The second kappa shape index (κ2) is 9.30. The largest absolute Gasteiger partial charge is 0.393 e. The molecule has 0 bridgehead atoms. The van der Waals surface area contributed by atoms with Gasteiger partial charge in [0.05, 0.1) is 22.9 Å². The maximum Gasteiger partial charge on any atom is 0.230 e. The van der Waals surface area contributed by atoms with E-state index in [1.165, 1.54) is 11.8 Å². The van der Waals surface area contributed by atoms with Crippen molar-refractivity contribution < 1.29 is 9.90 Å². The molecule has 6 nitrogen and oxygen atoms in total. The van der Waals surface area contributed by atoms with Crippen LogP contribution >= 0.6 is 11.8 Å². The lowest BCUT2D eigenvalue weighted by atomic mass is 9.93. The highest BCUT2D eigenvalue weighted by Gasteiger charge is 2.24. The van der Waals surface area contributed by atoms with Crippen LogP contribution < -0.4 is 10.2 Å². The molecule has 1 aromatic carbocycles. The first-order valence-corrected chi connectivity index (χ1v) is 11.7. The fourth-order valence-electron chi connectivity index (χ4n) is 4.20. The number of anilines is 1. The molecule has 1 amide bonds. The molecule has 0 radical (unpaired) electrons. The molecule has 2 aromatic rings. The number of hydrogen-bond acceptors (Lipinski definition) is 6. The van der Waals surface area contributed by atoms with Crippen LogP contribution in [0.2, 0.25) is 0 Å². The monoisotopic (exact) mass is 414 g/mol. The number of rotatable bonds is 5. The van der Waals surface area contributed by atoms with E-state index in [1.807, 2.05) is 24.3 Å². The summed E-state index contributed by atoms with van der Waals surface area (Å²) in [5.41, 5.74) is 1.76. The third-order valence-electron chi connectivity index (χ3n) is 5.96. The number of aliphatic hydroxyl groups excluding tert-OH is 1. The highest BCUT2D eigenvalue weighted by atomic mass is 32.2. The number of benzene rings is 1. The maximum absolute atomic E-state index is 12.5. The molecule has 4 rings (SSSR count). The summed E-state index contributed by atoms with van der Waals surface area (Å²) < 4.78 is 0. The van der Waals surface area contributed by atoms with E-state index in [4.69, 9.17) is 9.97 Å². The number of carbonyl (C=O) groups excluding carboxylic acids is 1. The molecule has 7 heteroatoms. The predicted molar refractivity (Wildman–Crippen MR) is 117 cm³/mol. The number of nitrogens with zero attached hydrogens (tertiary/aromatic N) is 3. The SMILES string of the molecule is CC1CCN(c2nc3ccccc3nc2SCC(=O)NC2CCCC(O)C2)CC1. The highest BCUT2D eigenvalue weighted by Crippen LogP contribution is 2.31. The first-order chi connectivity index (χ1) is 14.1. The van der Waals surface area contributed by atoms with Crippen LogP contribution in [0.25, 0.3) is 11.0 Å². The molecule has 1 saturated heterocycles. The molecule has 2 heterocycles. The molecular formula is C22H30N4O2S. The molecule has 1 aromatic heterocycles. The lowest BCUT2D eigenvalue weighted by Crippen LogP contribution is -2.40. The van der Waals surface area contributed by atoms with E-state index in [1.54, 1.807) is 0 Å². The number of carbonyl (C=O) groups is 1. The smallest absolute Gasteiger partial charge is 0.230 e. The van der Waals surface area contributed by atoms with Gasteiger partial charge in [0.2, 0.25) is 5.91 Å². The zero-order valence-corrected chi connectivity index (χ0v) is 17.8. The molecule has 2 unspecified atom stereocenters. The van der Waals surface area contributed by atoms with Crippen molar-refractivity contribution in [3.8, 4) is 0 Å². The van der Waals surface area contributed by atoms with Gasteiger partial charge in [-0.2, -0.15) is 0 Å². The Balaban J connectivity index is 1.47. The Morgan fingerprint density at radius 2 is 1.90 bits per heavy atom. The zero-order chi connectivity index (χ0) is 20.2. The summed E-state index contributed by atoms with van der Waals surface area (Å²) in [5.74, 6) is 1.97. The molecule has 29 heavy (non-hydrogen) atoms. The average Bonchev–Trinajstić information content (AvgIpc) is 2.72. The van der Waals surface area contributed by atoms with E-state index in [-0.39, 0.29) is 18.1 Å².